The third-order valence-corrected chi connectivity index (χ3v) is 7.30. The number of carbonyl (C=O) groups excluding carboxylic acids is 1. The number of nitriles is 1. The van der Waals surface area contributed by atoms with Gasteiger partial charge in [-0.2, -0.15) is 5.26 Å². The molecule has 31 heavy (non-hydrogen) atoms. The highest BCUT2D eigenvalue weighted by molar-refractivity contribution is 7.91. The zero-order valence-electron chi connectivity index (χ0n) is 16.8. The van der Waals surface area contributed by atoms with Crippen molar-refractivity contribution in [3.63, 3.8) is 0 Å². The summed E-state index contributed by atoms with van der Waals surface area (Å²) in [4.78, 5) is 12.4. The Labute approximate surface area is 181 Å². The van der Waals surface area contributed by atoms with Crippen molar-refractivity contribution in [2.75, 3.05) is 23.4 Å². The molecule has 2 aromatic carbocycles. The largest absolute Gasteiger partial charge is 0.457 e. The summed E-state index contributed by atoms with van der Waals surface area (Å²) in [5.74, 6) is 1.38. The van der Waals surface area contributed by atoms with Gasteiger partial charge in [0.15, 0.2) is 9.84 Å². The van der Waals surface area contributed by atoms with E-state index in [0.717, 1.165) is 0 Å². The minimum Gasteiger partial charge on any atom is -0.457 e. The van der Waals surface area contributed by atoms with E-state index in [2.05, 4.69) is 16.7 Å². The predicted octanol–water partition coefficient (Wildman–Crippen LogP) is 3.21. The molecular formula is C22H23N3O5S. The van der Waals surface area contributed by atoms with E-state index in [1.807, 2.05) is 0 Å². The first-order valence-electron chi connectivity index (χ1n) is 10.0. The highest BCUT2D eigenvalue weighted by atomic mass is 32.2. The third-order valence-electron chi connectivity index (χ3n) is 5.51. The molecule has 0 aliphatic carbocycles. The predicted molar refractivity (Wildman–Crippen MR) is 115 cm³/mol. The van der Waals surface area contributed by atoms with Crippen LogP contribution in [-0.4, -0.2) is 44.2 Å². The average Bonchev–Trinajstić information content (AvgIpc) is 3.03. The molecule has 2 atom stereocenters. The van der Waals surface area contributed by atoms with E-state index in [1.165, 1.54) is 0 Å². The van der Waals surface area contributed by atoms with Crippen molar-refractivity contribution in [2.24, 2.45) is 0 Å². The number of ether oxygens (including phenoxy) is 2. The number of rotatable bonds is 4. The van der Waals surface area contributed by atoms with Crippen LogP contribution < -0.4 is 15.4 Å². The third kappa shape index (κ3) is 5.34. The molecule has 9 heteroatoms. The monoisotopic (exact) mass is 441 g/mol. The summed E-state index contributed by atoms with van der Waals surface area (Å²) >= 11 is 0. The van der Waals surface area contributed by atoms with Crippen LogP contribution in [0.4, 0.5) is 10.5 Å². The van der Waals surface area contributed by atoms with Gasteiger partial charge in [-0.15, -0.1) is 0 Å². The van der Waals surface area contributed by atoms with Crippen LogP contribution in [0.25, 0.3) is 0 Å². The lowest BCUT2D eigenvalue weighted by molar-refractivity contribution is -0.0685. The number of anilines is 1. The fourth-order valence-electron chi connectivity index (χ4n) is 4.00. The smallest absolute Gasteiger partial charge is 0.319 e. The minimum atomic E-state index is -3.06. The molecule has 2 aliphatic rings. The number of carbonyl (C=O) groups is 1. The maximum Gasteiger partial charge on any atom is 0.319 e. The van der Waals surface area contributed by atoms with Gasteiger partial charge in [-0.1, -0.05) is 0 Å². The van der Waals surface area contributed by atoms with Gasteiger partial charge in [0, 0.05) is 18.3 Å². The van der Waals surface area contributed by atoms with Gasteiger partial charge in [-0.05, 0) is 67.8 Å². The molecule has 0 bridgehead atoms. The van der Waals surface area contributed by atoms with Crippen molar-refractivity contribution in [3.8, 4) is 17.6 Å². The molecule has 0 aromatic heterocycles. The summed E-state index contributed by atoms with van der Waals surface area (Å²) in [5, 5.41) is 14.6. The van der Waals surface area contributed by atoms with Crippen LogP contribution in [0.2, 0.25) is 0 Å². The molecule has 2 aliphatic heterocycles. The Morgan fingerprint density at radius 1 is 1.13 bits per heavy atom. The topological polar surface area (TPSA) is 118 Å². The molecule has 2 amide bonds. The molecule has 0 unspecified atom stereocenters. The van der Waals surface area contributed by atoms with E-state index in [1.54, 1.807) is 48.5 Å². The summed E-state index contributed by atoms with van der Waals surface area (Å²) in [6, 6.07) is 15.3. The zero-order chi connectivity index (χ0) is 21.9. The lowest BCUT2D eigenvalue weighted by Gasteiger charge is -2.37. The van der Waals surface area contributed by atoms with Gasteiger partial charge in [0.05, 0.1) is 28.7 Å². The van der Waals surface area contributed by atoms with Gasteiger partial charge in [-0.3, -0.25) is 0 Å². The van der Waals surface area contributed by atoms with E-state index >= 15 is 0 Å². The molecule has 0 saturated carbocycles. The van der Waals surface area contributed by atoms with E-state index in [0.29, 0.717) is 48.6 Å². The van der Waals surface area contributed by atoms with Gasteiger partial charge < -0.3 is 20.1 Å². The molecule has 4 rings (SSSR count). The Morgan fingerprint density at radius 2 is 1.81 bits per heavy atom. The molecule has 2 saturated heterocycles. The summed E-state index contributed by atoms with van der Waals surface area (Å²) in [5.41, 5.74) is 0.497. The van der Waals surface area contributed by atoms with E-state index in [4.69, 9.17) is 14.7 Å². The second kappa shape index (κ2) is 8.57. The minimum absolute atomic E-state index is 0.0283. The highest BCUT2D eigenvalue weighted by Crippen LogP contribution is 2.35. The quantitative estimate of drug-likeness (QED) is 0.752. The van der Waals surface area contributed by atoms with Crippen LogP contribution in [0.1, 0.15) is 24.8 Å². The molecule has 8 nitrogen and oxygen atoms in total. The Bertz CT molecular complexity index is 1090. The average molecular weight is 442 g/mol. The normalized spacial score (nSPS) is 24.3. The number of sulfone groups is 1. The van der Waals surface area contributed by atoms with Crippen LogP contribution in [0, 0.1) is 11.3 Å². The number of nitrogens with zero attached hydrogens (tertiary/aromatic N) is 1. The first kappa shape index (κ1) is 21.2. The number of urea groups is 1. The molecule has 1 spiro atoms. The fraction of sp³-hybridized carbons (Fsp3) is 0.364. The van der Waals surface area contributed by atoms with Crippen LogP contribution in [0.5, 0.6) is 11.5 Å². The van der Waals surface area contributed by atoms with Crippen LogP contribution in [0.3, 0.4) is 0 Å². The Morgan fingerprint density at radius 3 is 2.42 bits per heavy atom. The number of hydrogen-bond donors (Lipinski definition) is 2. The second-order valence-electron chi connectivity index (χ2n) is 7.92. The van der Waals surface area contributed by atoms with Crippen molar-refractivity contribution in [2.45, 2.75) is 30.9 Å². The Hall–Kier alpha value is -3.09. The fourth-order valence-corrected chi connectivity index (χ4v) is 5.98. The van der Waals surface area contributed by atoms with Crippen molar-refractivity contribution in [1.29, 1.82) is 5.26 Å². The summed E-state index contributed by atoms with van der Waals surface area (Å²) in [6.45, 7) is 0.432. The number of nitrogens with one attached hydrogen (secondary N) is 2. The van der Waals surface area contributed by atoms with E-state index < -0.39 is 15.4 Å². The Balaban J connectivity index is 1.30. The molecule has 2 heterocycles. The Kier molecular flexibility index (Phi) is 5.85. The first-order valence-corrected chi connectivity index (χ1v) is 11.9. The van der Waals surface area contributed by atoms with Crippen LogP contribution in [0.15, 0.2) is 48.5 Å². The molecule has 2 fully saturated rings. The van der Waals surface area contributed by atoms with Crippen molar-refractivity contribution < 1.29 is 22.7 Å². The molecule has 2 N–H and O–H groups in total. The summed E-state index contributed by atoms with van der Waals surface area (Å²) in [6.07, 6.45) is 1.62. The number of hydrogen-bond acceptors (Lipinski definition) is 6. The number of benzene rings is 2. The maximum atomic E-state index is 12.4. The molecular weight excluding hydrogens is 418 g/mol. The van der Waals surface area contributed by atoms with Gasteiger partial charge in [-0.25, -0.2) is 13.2 Å². The van der Waals surface area contributed by atoms with Crippen LogP contribution >= 0.6 is 0 Å². The zero-order valence-corrected chi connectivity index (χ0v) is 17.7. The molecule has 2 aromatic rings. The first-order chi connectivity index (χ1) is 14.8. The van der Waals surface area contributed by atoms with Gasteiger partial charge >= 0.3 is 6.03 Å². The SMILES string of the molecule is N#Cc1ccc(Oc2ccc(NC(=O)N[C@@H]3CCO[C@]4(CCS(=O)(=O)C4)C3)cc2)cc1. The maximum absolute atomic E-state index is 12.4. The lowest BCUT2D eigenvalue weighted by atomic mass is 9.90. The van der Waals surface area contributed by atoms with E-state index in [-0.39, 0.29) is 23.6 Å². The second-order valence-corrected chi connectivity index (χ2v) is 10.1. The van der Waals surface area contributed by atoms with Crippen LogP contribution in [-0.2, 0) is 14.6 Å². The number of amides is 2. The van der Waals surface area contributed by atoms with Gasteiger partial charge in [0.25, 0.3) is 0 Å². The summed E-state index contributed by atoms with van der Waals surface area (Å²) < 4.78 is 35.2. The van der Waals surface area contributed by atoms with Crippen molar-refractivity contribution >= 4 is 21.6 Å². The van der Waals surface area contributed by atoms with Crippen molar-refractivity contribution in [3.05, 3.63) is 54.1 Å². The van der Waals surface area contributed by atoms with Gasteiger partial charge in [0.2, 0.25) is 0 Å². The van der Waals surface area contributed by atoms with Crippen molar-refractivity contribution in [1.82, 2.24) is 5.32 Å². The highest BCUT2D eigenvalue weighted by Gasteiger charge is 2.46. The van der Waals surface area contributed by atoms with Gasteiger partial charge in [0.1, 0.15) is 11.5 Å². The standard InChI is InChI=1S/C22H23N3O5S/c23-14-16-1-5-19(6-2-16)30-20-7-3-17(4-8-20)24-21(26)25-18-9-11-29-22(13-18)10-12-31(27,28)15-22/h1-8,18H,9-13,15H2,(H2,24,25,26)/t18-,22-/m1/s1. The summed E-state index contributed by atoms with van der Waals surface area (Å²) in [7, 11) is -3.06. The molecule has 0 radical (unpaired) electrons. The van der Waals surface area contributed by atoms with E-state index in [9.17, 15) is 13.2 Å². The lowest BCUT2D eigenvalue weighted by Crippen LogP contribution is -2.50. The molecule has 162 valence electrons.